The number of nitrogens with two attached hydrogens (primary N) is 1. The highest BCUT2D eigenvalue weighted by atomic mass is 32.2. The monoisotopic (exact) mass is 238 g/mol. The molecule has 88 valence electrons. The van der Waals surface area contributed by atoms with E-state index in [1.807, 2.05) is 31.2 Å². The molecule has 0 aromatic heterocycles. The Morgan fingerprint density at radius 3 is 2.75 bits per heavy atom. The lowest BCUT2D eigenvalue weighted by Crippen LogP contribution is -2.34. The van der Waals surface area contributed by atoms with E-state index in [4.69, 9.17) is 5.73 Å². The fourth-order valence-electron chi connectivity index (χ4n) is 1.26. The van der Waals surface area contributed by atoms with E-state index < -0.39 is 6.04 Å². The predicted octanol–water partition coefficient (Wildman–Crippen LogP) is 2.47. The van der Waals surface area contributed by atoms with Crippen LogP contribution < -0.4 is 11.1 Å². The van der Waals surface area contributed by atoms with E-state index in [0.29, 0.717) is 6.42 Å². The number of thioether (sulfide) groups is 1. The van der Waals surface area contributed by atoms with Crippen LogP contribution >= 0.6 is 11.8 Å². The Kier molecular flexibility index (Phi) is 5.35. The van der Waals surface area contributed by atoms with E-state index in [-0.39, 0.29) is 5.91 Å². The van der Waals surface area contributed by atoms with Gasteiger partial charge < -0.3 is 11.1 Å². The average Bonchev–Trinajstić information content (AvgIpc) is 2.31. The molecule has 1 aromatic rings. The van der Waals surface area contributed by atoms with Gasteiger partial charge in [-0.1, -0.05) is 26.0 Å². The average molecular weight is 238 g/mol. The molecule has 0 saturated carbocycles. The van der Waals surface area contributed by atoms with Gasteiger partial charge in [0.25, 0.3) is 0 Å². The number of amides is 1. The summed E-state index contributed by atoms with van der Waals surface area (Å²) in [7, 11) is 0. The van der Waals surface area contributed by atoms with E-state index >= 15 is 0 Å². The summed E-state index contributed by atoms with van der Waals surface area (Å²) >= 11 is 1.71. The Hall–Kier alpha value is -1.00. The summed E-state index contributed by atoms with van der Waals surface area (Å²) in [6, 6.07) is 7.35. The van der Waals surface area contributed by atoms with Crippen LogP contribution in [0.4, 0.5) is 5.69 Å². The van der Waals surface area contributed by atoms with Crippen molar-refractivity contribution >= 4 is 23.4 Å². The van der Waals surface area contributed by atoms with E-state index in [9.17, 15) is 4.79 Å². The number of benzene rings is 1. The molecule has 1 aromatic carbocycles. The molecule has 3 N–H and O–H groups in total. The molecule has 0 unspecified atom stereocenters. The van der Waals surface area contributed by atoms with E-state index in [2.05, 4.69) is 12.2 Å². The molecule has 16 heavy (non-hydrogen) atoms. The van der Waals surface area contributed by atoms with Crippen LogP contribution in [0.2, 0.25) is 0 Å². The first-order chi connectivity index (χ1) is 7.69. The molecule has 0 saturated heterocycles. The zero-order chi connectivity index (χ0) is 12.0. The molecule has 0 heterocycles. The lowest BCUT2D eigenvalue weighted by atomic mass is 10.2. The van der Waals surface area contributed by atoms with Crippen molar-refractivity contribution in [3.8, 4) is 0 Å². The summed E-state index contributed by atoms with van der Waals surface area (Å²) in [5, 5.41) is 2.86. The molecular formula is C12H18N2OS. The van der Waals surface area contributed by atoms with Gasteiger partial charge in [0, 0.05) is 4.90 Å². The summed E-state index contributed by atoms with van der Waals surface area (Å²) in [6.07, 6.45) is 0.648. The molecule has 0 radical (unpaired) electrons. The molecule has 3 nitrogen and oxygen atoms in total. The summed E-state index contributed by atoms with van der Waals surface area (Å²) in [5.74, 6) is 0.860. The number of hydrogen-bond acceptors (Lipinski definition) is 3. The third-order valence-electron chi connectivity index (χ3n) is 2.22. The highest BCUT2D eigenvalue weighted by molar-refractivity contribution is 7.99. The highest BCUT2D eigenvalue weighted by Crippen LogP contribution is 2.26. The van der Waals surface area contributed by atoms with Gasteiger partial charge in [-0.15, -0.1) is 11.8 Å². The van der Waals surface area contributed by atoms with Crippen LogP contribution in [0.3, 0.4) is 0 Å². The minimum atomic E-state index is -0.431. The number of carbonyl (C=O) groups excluding carboxylic acids is 1. The first kappa shape index (κ1) is 13.1. The van der Waals surface area contributed by atoms with Gasteiger partial charge in [-0.2, -0.15) is 0 Å². The van der Waals surface area contributed by atoms with Crippen LogP contribution in [0.15, 0.2) is 29.2 Å². The quantitative estimate of drug-likeness (QED) is 0.775. The molecule has 0 spiro atoms. The zero-order valence-electron chi connectivity index (χ0n) is 9.69. The van der Waals surface area contributed by atoms with E-state index in [1.165, 1.54) is 0 Å². The molecule has 0 fully saturated rings. The standard InChI is InChI=1S/C12H18N2OS/c1-3-9(13)12(15)14-10-7-5-6-8-11(10)16-4-2/h5-9H,3-4,13H2,1-2H3,(H,14,15)/t9-/m1/s1. The van der Waals surface area contributed by atoms with Gasteiger partial charge in [0.05, 0.1) is 11.7 Å². The van der Waals surface area contributed by atoms with Gasteiger partial charge in [-0.05, 0) is 24.3 Å². The van der Waals surface area contributed by atoms with Crippen molar-refractivity contribution < 1.29 is 4.79 Å². The first-order valence-electron chi connectivity index (χ1n) is 5.47. The number of anilines is 1. The summed E-state index contributed by atoms with van der Waals surface area (Å²) in [6.45, 7) is 3.98. The van der Waals surface area contributed by atoms with Gasteiger partial charge >= 0.3 is 0 Å². The van der Waals surface area contributed by atoms with Crippen molar-refractivity contribution in [3.05, 3.63) is 24.3 Å². The van der Waals surface area contributed by atoms with E-state index in [1.54, 1.807) is 11.8 Å². The molecular weight excluding hydrogens is 220 g/mol. The molecule has 0 aliphatic heterocycles. The number of rotatable bonds is 5. The van der Waals surface area contributed by atoms with Crippen LogP contribution in [0.25, 0.3) is 0 Å². The second kappa shape index (κ2) is 6.55. The molecule has 0 bridgehead atoms. The maximum atomic E-state index is 11.7. The largest absolute Gasteiger partial charge is 0.324 e. The number of para-hydroxylation sites is 1. The van der Waals surface area contributed by atoms with Crippen LogP contribution in [-0.4, -0.2) is 17.7 Å². The van der Waals surface area contributed by atoms with Gasteiger partial charge in [0.2, 0.25) is 5.91 Å². The third kappa shape index (κ3) is 3.54. The molecule has 0 aliphatic rings. The molecule has 1 rings (SSSR count). The zero-order valence-corrected chi connectivity index (χ0v) is 10.5. The first-order valence-corrected chi connectivity index (χ1v) is 6.45. The highest BCUT2D eigenvalue weighted by Gasteiger charge is 2.12. The third-order valence-corrected chi connectivity index (χ3v) is 3.18. The minimum Gasteiger partial charge on any atom is -0.324 e. The van der Waals surface area contributed by atoms with Crippen LogP contribution in [0, 0.1) is 0 Å². The predicted molar refractivity (Wildman–Crippen MR) is 69.7 cm³/mol. The van der Waals surface area contributed by atoms with Gasteiger partial charge in [0.15, 0.2) is 0 Å². The Bertz CT molecular complexity index is 355. The van der Waals surface area contributed by atoms with Crippen LogP contribution in [0.1, 0.15) is 20.3 Å². The number of carbonyl (C=O) groups is 1. The lowest BCUT2D eigenvalue weighted by molar-refractivity contribution is -0.117. The summed E-state index contributed by atoms with van der Waals surface area (Å²) in [4.78, 5) is 12.7. The Morgan fingerprint density at radius 2 is 2.12 bits per heavy atom. The van der Waals surface area contributed by atoms with Crippen molar-refractivity contribution in [2.45, 2.75) is 31.2 Å². The number of nitrogens with one attached hydrogen (secondary N) is 1. The van der Waals surface area contributed by atoms with Crippen molar-refractivity contribution in [1.82, 2.24) is 0 Å². The maximum Gasteiger partial charge on any atom is 0.241 e. The van der Waals surface area contributed by atoms with Crippen LogP contribution in [-0.2, 0) is 4.79 Å². The fraction of sp³-hybridized carbons (Fsp3) is 0.417. The Balaban J connectivity index is 2.76. The fourth-order valence-corrected chi connectivity index (χ4v) is 2.02. The Labute approximate surface area is 101 Å². The van der Waals surface area contributed by atoms with Crippen LogP contribution in [0.5, 0.6) is 0 Å². The second-order valence-corrected chi connectivity index (χ2v) is 4.74. The molecule has 4 heteroatoms. The van der Waals surface area contributed by atoms with Gasteiger partial charge in [-0.25, -0.2) is 0 Å². The van der Waals surface area contributed by atoms with Crippen molar-refractivity contribution in [1.29, 1.82) is 0 Å². The maximum absolute atomic E-state index is 11.7. The molecule has 1 amide bonds. The number of hydrogen-bond donors (Lipinski definition) is 2. The lowest BCUT2D eigenvalue weighted by Gasteiger charge is -2.12. The SMILES string of the molecule is CCSc1ccccc1NC(=O)[C@H](N)CC. The Morgan fingerprint density at radius 1 is 1.44 bits per heavy atom. The molecule has 0 aliphatic carbocycles. The second-order valence-electron chi connectivity index (χ2n) is 3.43. The van der Waals surface area contributed by atoms with Crippen molar-refractivity contribution in [2.24, 2.45) is 5.73 Å². The summed E-state index contributed by atoms with van der Waals surface area (Å²) < 4.78 is 0. The van der Waals surface area contributed by atoms with Crippen molar-refractivity contribution in [3.63, 3.8) is 0 Å². The topological polar surface area (TPSA) is 55.1 Å². The normalized spacial score (nSPS) is 12.2. The van der Waals surface area contributed by atoms with Gasteiger partial charge in [0.1, 0.15) is 0 Å². The van der Waals surface area contributed by atoms with Gasteiger partial charge in [-0.3, -0.25) is 4.79 Å². The molecule has 1 atom stereocenters. The minimum absolute atomic E-state index is 0.119. The van der Waals surface area contributed by atoms with Crippen molar-refractivity contribution in [2.75, 3.05) is 11.1 Å². The van der Waals surface area contributed by atoms with E-state index in [0.717, 1.165) is 16.3 Å². The smallest absolute Gasteiger partial charge is 0.241 e. The summed E-state index contributed by atoms with van der Waals surface area (Å²) in [5.41, 5.74) is 6.52.